The number of carbonyl (C=O) groups excluding carboxylic acids is 1. The molecule has 7 unspecified atom stereocenters. The van der Waals surface area contributed by atoms with Gasteiger partial charge in [0.25, 0.3) is 0 Å². The van der Waals surface area contributed by atoms with Crippen molar-refractivity contribution in [2.24, 2.45) is 0 Å². The third kappa shape index (κ3) is 30.8. The van der Waals surface area contributed by atoms with E-state index in [0.29, 0.717) is 6.42 Å². The Kier molecular flexibility index (Phi) is 38.1. The lowest BCUT2D eigenvalue weighted by Crippen LogP contribution is -2.60. The van der Waals surface area contributed by atoms with Gasteiger partial charge in [-0.15, -0.1) is 0 Å². The average Bonchev–Trinajstić information content (AvgIpc) is 3.25. The summed E-state index contributed by atoms with van der Waals surface area (Å²) in [6, 6.07) is -0.804. The van der Waals surface area contributed by atoms with E-state index < -0.39 is 49.5 Å². The fourth-order valence-electron chi connectivity index (χ4n) is 7.44. The van der Waals surface area contributed by atoms with E-state index in [-0.39, 0.29) is 12.5 Å². The summed E-state index contributed by atoms with van der Waals surface area (Å²) in [6.45, 7) is 3.63. The first-order valence-electron chi connectivity index (χ1n) is 24.5. The highest BCUT2D eigenvalue weighted by molar-refractivity contribution is 5.76. The highest BCUT2D eigenvalue weighted by atomic mass is 16.7. The summed E-state index contributed by atoms with van der Waals surface area (Å²) in [6.07, 6.45) is 47.1. The van der Waals surface area contributed by atoms with E-state index in [1.165, 1.54) is 116 Å². The standard InChI is InChI=1S/C51H91NO8/c1-3-5-7-9-11-13-15-16-17-18-19-20-21-22-23-24-25-26-27-28-29-30-31-33-35-37-39-41-47(55)52-44(43-59-51-50(58)49(57)48(56)46(42-53)60-51)45(54)40-38-36-34-32-14-12-10-8-6-4-2/h5,7,11,13,16-17,19-20,38,40,44-46,48-51,53-54,56-58H,3-4,6,8-10,12,14-15,18,21-37,39,41-43H2,1-2H3,(H,52,55)/b7-5-,13-11-,17-16-,20-19-,40-38+. The molecule has 1 saturated heterocycles. The van der Waals surface area contributed by atoms with Crippen LogP contribution in [0.25, 0.3) is 0 Å². The highest BCUT2D eigenvalue weighted by Gasteiger charge is 2.44. The molecule has 0 aromatic rings. The van der Waals surface area contributed by atoms with Gasteiger partial charge in [0, 0.05) is 6.42 Å². The van der Waals surface area contributed by atoms with Crippen molar-refractivity contribution in [3.05, 3.63) is 60.8 Å². The molecular formula is C51H91NO8. The molecule has 6 N–H and O–H groups in total. The lowest BCUT2D eigenvalue weighted by Gasteiger charge is -2.40. The van der Waals surface area contributed by atoms with Gasteiger partial charge in [0.05, 0.1) is 25.4 Å². The largest absolute Gasteiger partial charge is 0.394 e. The van der Waals surface area contributed by atoms with Gasteiger partial charge in [0.1, 0.15) is 24.4 Å². The molecular weight excluding hydrogens is 755 g/mol. The van der Waals surface area contributed by atoms with Crippen molar-refractivity contribution >= 4 is 5.91 Å². The number of amides is 1. The Labute approximate surface area is 366 Å². The SMILES string of the molecule is CC/C=C\C/C=C\C/C=C\C/C=C\CCCCCCCCCCCCCCCCC(=O)NC(COC1OC(CO)C(O)C(O)C1O)C(O)/C=C/CCCCCCCCCC. The minimum absolute atomic E-state index is 0.182. The fraction of sp³-hybridized carbons (Fsp3) is 0.784. The minimum atomic E-state index is -1.57. The Hall–Kier alpha value is -2.11. The summed E-state index contributed by atoms with van der Waals surface area (Å²) in [7, 11) is 0. The van der Waals surface area contributed by atoms with Gasteiger partial charge in [-0.1, -0.05) is 197 Å². The van der Waals surface area contributed by atoms with Crippen LogP contribution >= 0.6 is 0 Å². The topological polar surface area (TPSA) is 149 Å². The number of hydrogen-bond acceptors (Lipinski definition) is 8. The van der Waals surface area contributed by atoms with Crippen LogP contribution in [0.2, 0.25) is 0 Å². The zero-order valence-corrected chi connectivity index (χ0v) is 38.2. The zero-order chi connectivity index (χ0) is 43.7. The molecule has 0 spiro atoms. The third-order valence-corrected chi connectivity index (χ3v) is 11.3. The predicted molar refractivity (Wildman–Crippen MR) is 249 cm³/mol. The number of aliphatic hydroxyl groups excluding tert-OH is 5. The summed E-state index contributed by atoms with van der Waals surface area (Å²) >= 11 is 0. The Morgan fingerprint density at radius 1 is 0.583 bits per heavy atom. The van der Waals surface area contributed by atoms with Gasteiger partial charge in [0.2, 0.25) is 5.91 Å². The molecule has 0 bridgehead atoms. The van der Waals surface area contributed by atoms with Crippen LogP contribution in [0.15, 0.2) is 60.8 Å². The molecule has 0 aromatic heterocycles. The summed E-state index contributed by atoms with van der Waals surface area (Å²) < 4.78 is 11.2. The fourth-order valence-corrected chi connectivity index (χ4v) is 7.44. The first kappa shape index (κ1) is 55.9. The number of aliphatic hydroxyl groups is 5. The van der Waals surface area contributed by atoms with E-state index in [1.807, 2.05) is 6.08 Å². The van der Waals surface area contributed by atoms with Crippen molar-refractivity contribution in [2.45, 2.75) is 243 Å². The summed E-state index contributed by atoms with van der Waals surface area (Å²) in [5.41, 5.74) is 0. The molecule has 1 aliphatic heterocycles. The molecule has 9 heteroatoms. The maximum atomic E-state index is 13.0. The Morgan fingerprint density at radius 3 is 1.53 bits per heavy atom. The molecule has 60 heavy (non-hydrogen) atoms. The van der Waals surface area contributed by atoms with Gasteiger partial charge in [-0.3, -0.25) is 4.79 Å². The number of hydrogen-bond donors (Lipinski definition) is 6. The first-order chi connectivity index (χ1) is 29.3. The second kappa shape index (κ2) is 40.9. The van der Waals surface area contributed by atoms with E-state index in [0.717, 1.165) is 64.2 Å². The van der Waals surface area contributed by atoms with E-state index in [2.05, 4.69) is 67.8 Å². The third-order valence-electron chi connectivity index (χ3n) is 11.3. The second-order valence-electron chi connectivity index (χ2n) is 16.9. The monoisotopic (exact) mass is 846 g/mol. The molecule has 0 saturated carbocycles. The number of ether oxygens (including phenoxy) is 2. The van der Waals surface area contributed by atoms with Crippen molar-refractivity contribution in [1.82, 2.24) is 5.32 Å². The van der Waals surface area contributed by atoms with Crippen LogP contribution < -0.4 is 5.32 Å². The number of carbonyl (C=O) groups is 1. The number of nitrogens with one attached hydrogen (secondary N) is 1. The Bertz CT molecular complexity index is 1120. The lowest BCUT2D eigenvalue weighted by atomic mass is 9.99. The van der Waals surface area contributed by atoms with Gasteiger partial charge < -0.3 is 40.3 Å². The smallest absolute Gasteiger partial charge is 0.220 e. The van der Waals surface area contributed by atoms with Crippen LogP contribution in [0.1, 0.15) is 200 Å². The maximum absolute atomic E-state index is 13.0. The zero-order valence-electron chi connectivity index (χ0n) is 38.2. The molecule has 1 heterocycles. The van der Waals surface area contributed by atoms with Crippen molar-refractivity contribution in [3.8, 4) is 0 Å². The van der Waals surface area contributed by atoms with E-state index >= 15 is 0 Å². The van der Waals surface area contributed by atoms with Crippen LogP contribution in [0, 0.1) is 0 Å². The summed E-state index contributed by atoms with van der Waals surface area (Å²) in [5, 5.41) is 54.1. The van der Waals surface area contributed by atoms with E-state index in [4.69, 9.17) is 9.47 Å². The van der Waals surface area contributed by atoms with Crippen molar-refractivity contribution in [2.75, 3.05) is 13.2 Å². The van der Waals surface area contributed by atoms with Crippen LogP contribution in [0.3, 0.4) is 0 Å². The summed E-state index contributed by atoms with van der Waals surface area (Å²) in [5.74, 6) is -0.182. The second-order valence-corrected chi connectivity index (χ2v) is 16.9. The maximum Gasteiger partial charge on any atom is 0.220 e. The summed E-state index contributed by atoms with van der Waals surface area (Å²) in [4.78, 5) is 13.0. The van der Waals surface area contributed by atoms with Crippen molar-refractivity contribution in [1.29, 1.82) is 0 Å². The van der Waals surface area contributed by atoms with Crippen LogP contribution in [-0.4, -0.2) is 87.5 Å². The quantitative estimate of drug-likeness (QED) is 0.0264. The molecule has 7 atom stereocenters. The number of unbranched alkanes of at least 4 members (excludes halogenated alkanes) is 22. The van der Waals surface area contributed by atoms with Crippen molar-refractivity contribution < 1.29 is 39.8 Å². The van der Waals surface area contributed by atoms with Crippen LogP contribution in [0.4, 0.5) is 0 Å². The molecule has 0 radical (unpaired) electrons. The minimum Gasteiger partial charge on any atom is -0.394 e. The molecule has 1 rings (SSSR count). The molecule has 1 fully saturated rings. The molecule has 0 aromatic carbocycles. The molecule has 348 valence electrons. The number of allylic oxidation sites excluding steroid dienone is 9. The van der Waals surface area contributed by atoms with Gasteiger partial charge >= 0.3 is 0 Å². The molecule has 1 aliphatic rings. The van der Waals surface area contributed by atoms with Crippen LogP contribution in [0.5, 0.6) is 0 Å². The molecule has 9 nitrogen and oxygen atoms in total. The first-order valence-corrected chi connectivity index (χ1v) is 24.5. The Balaban J connectivity index is 2.20. The van der Waals surface area contributed by atoms with Crippen molar-refractivity contribution in [3.63, 3.8) is 0 Å². The van der Waals surface area contributed by atoms with Gasteiger partial charge in [-0.05, 0) is 57.8 Å². The van der Waals surface area contributed by atoms with Gasteiger partial charge in [0.15, 0.2) is 6.29 Å². The molecule has 1 amide bonds. The van der Waals surface area contributed by atoms with Crippen LogP contribution in [-0.2, 0) is 14.3 Å². The van der Waals surface area contributed by atoms with E-state index in [9.17, 15) is 30.3 Å². The predicted octanol–water partition coefficient (Wildman–Crippen LogP) is 10.8. The average molecular weight is 846 g/mol. The lowest BCUT2D eigenvalue weighted by molar-refractivity contribution is -0.302. The normalized spacial score (nSPS) is 21.1. The molecule has 0 aliphatic carbocycles. The number of rotatable bonds is 40. The van der Waals surface area contributed by atoms with E-state index in [1.54, 1.807) is 6.08 Å². The van der Waals surface area contributed by atoms with Gasteiger partial charge in [-0.2, -0.15) is 0 Å². The highest BCUT2D eigenvalue weighted by Crippen LogP contribution is 2.23. The van der Waals surface area contributed by atoms with Gasteiger partial charge in [-0.25, -0.2) is 0 Å². The Morgan fingerprint density at radius 2 is 1.03 bits per heavy atom.